The zero-order valence-corrected chi connectivity index (χ0v) is 11.5. The van der Waals surface area contributed by atoms with Gasteiger partial charge in [-0.2, -0.15) is 0 Å². The third-order valence-corrected chi connectivity index (χ3v) is 3.20. The van der Waals surface area contributed by atoms with Crippen molar-refractivity contribution < 1.29 is 33.5 Å². The molecule has 0 saturated carbocycles. The second-order valence-electron chi connectivity index (χ2n) is 4.60. The van der Waals surface area contributed by atoms with Crippen LogP contribution in [0.3, 0.4) is 0 Å². The predicted octanol–water partition coefficient (Wildman–Crippen LogP) is 1.67. The maximum atomic E-state index is 14.0. The van der Waals surface area contributed by atoms with E-state index < -0.39 is 52.4 Å². The monoisotopic (exact) mass is 317 g/mol. The van der Waals surface area contributed by atoms with E-state index in [1.165, 1.54) is 0 Å². The van der Waals surface area contributed by atoms with Crippen LogP contribution in [-0.4, -0.2) is 33.6 Å². The third kappa shape index (κ3) is 3.74. The average molecular weight is 317 g/mol. The molecular formula is C13H13F2NO6. The Morgan fingerprint density at radius 3 is 2.00 bits per heavy atom. The first kappa shape index (κ1) is 17.5. The van der Waals surface area contributed by atoms with Crippen LogP contribution in [0.1, 0.15) is 24.0 Å². The highest BCUT2D eigenvalue weighted by atomic mass is 19.1. The van der Waals surface area contributed by atoms with Gasteiger partial charge >= 0.3 is 11.9 Å². The number of carboxylic acids is 2. The Hall–Kier alpha value is -2.58. The molecule has 0 bridgehead atoms. The smallest absolute Gasteiger partial charge is 0.318 e. The van der Waals surface area contributed by atoms with Gasteiger partial charge in [-0.25, -0.2) is 8.78 Å². The lowest BCUT2D eigenvalue weighted by Gasteiger charge is -2.19. The van der Waals surface area contributed by atoms with Crippen molar-refractivity contribution in [2.75, 3.05) is 6.54 Å². The van der Waals surface area contributed by atoms with Gasteiger partial charge in [-0.05, 0) is 24.1 Å². The van der Waals surface area contributed by atoms with Crippen LogP contribution in [0, 0.1) is 27.7 Å². The van der Waals surface area contributed by atoms with Crippen molar-refractivity contribution in [3.8, 4) is 0 Å². The molecule has 0 radical (unpaired) electrons. The lowest BCUT2D eigenvalue weighted by Crippen LogP contribution is -2.34. The van der Waals surface area contributed by atoms with Gasteiger partial charge in [0, 0.05) is 10.5 Å². The van der Waals surface area contributed by atoms with E-state index in [2.05, 4.69) is 0 Å². The van der Waals surface area contributed by atoms with Crippen LogP contribution in [0.15, 0.2) is 12.1 Å². The summed E-state index contributed by atoms with van der Waals surface area (Å²) in [6, 6.07) is 1.82. The molecule has 22 heavy (non-hydrogen) atoms. The predicted molar refractivity (Wildman–Crippen MR) is 69.1 cm³/mol. The van der Waals surface area contributed by atoms with Crippen molar-refractivity contribution in [1.82, 2.24) is 0 Å². The molecule has 7 nitrogen and oxygen atoms in total. The molecule has 0 saturated heterocycles. The molecule has 2 N–H and O–H groups in total. The number of aryl methyl sites for hydroxylation is 1. The number of aliphatic carboxylic acids is 2. The summed E-state index contributed by atoms with van der Waals surface area (Å²) in [6.45, 7) is 0.405. The SMILES string of the molecule is CCc1cc(F)c([C@H](C[N+](=O)[O-])C(C(=O)O)C(=O)O)c(F)c1. The molecule has 9 heteroatoms. The van der Waals surface area contributed by atoms with Crippen molar-refractivity contribution in [2.45, 2.75) is 19.3 Å². The highest BCUT2D eigenvalue weighted by molar-refractivity contribution is 5.94. The number of benzene rings is 1. The zero-order chi connectivity index (χ0) is 17.0. The van der Waals surface area contributed by atoms with E-state index in [4.69, 9.17) is 10.2 Å². The largest absolute Gasteiger partial charge is 0.481 e. The molecule has 1 rings (SSSR count). The summed E-state index contributed by atoms with van der Waals surface area (Å²) >= 11 is 0. The Kier molecular flexibility index (Phi) is 5.50. The zero-order valence-electron chi connectivity index (χ0n) is 11.5. The third-order valence-electron chi connectivity index (χ3n) is 3.20. The molecule has 0 aliphatic carbocycles. The molecule has 0 spiro atoms. The van der Waals surface area contributed by atoms with Gasteiger partial charge in [-0.15, -0.1) is 0 Å². The number of nitro groups is 1. The fourth-order valence-electron chi connectivity index (χ4n) is 2.17. The van der Waals surface area contributed by atoms with Gasteiger partial charge in [0.25, 0.3) is 0 Å². The molecule has 1 aromatic carbocycles. The van der Waals surface area contributed by atoms with E-state index in [-0.39, 0.29) is 12.0 Å². The lowest BCUT2D eigenvalue weighted by atomic mass is 9.84. The molecule has 120 valence electrons. The molecule has 0 unspecified atom stereocenters. The van der Waals surface area contributed by atoms with Crippen molar-refractivity contribution in [3.05, 3.63) is 45.0 Å². The summed E-state index contributed by atoms with van der Waals surface area (Å²) in [6.07, 6.45) is 0.287. The number of nitrogens with zero attached hydrogens (tertiary/aromatic N) is 1. The summed E-state index contributed by atoms with van der Waals surface area (Å²) in [4.78, 5) is 31.7. The second-order valence-corrected chi connectivity index (χ2v) is 4.60. The van der Waals surface area contributed by atoms with Crippen molar-refractivity contribution >= 4 is 11.9 Å². The molecule has 1 aromatic rings. The van der Waals surface area contributed by atoms with Crippen LogP contribution in [0.2, 0.25) is 0 Å². The van der Waals surface area contributed by atoms with E-state index in [1.807, 2.05) is 0 Å². The summed E-state index contributed by atoms with van der Waals surface area (Å²) < 4.78 is 28.1. The highest BCUT2D eigenvalue weighted by Gasteiger charge is 2.42. The Morgan fingerprint density at radius 2 is 1.68 bits per heavy atom. The molecule has 1 atom stereocenters. The maximum Gasteiger partial charge on any atom is 0.318 e. The van der Waals surface area contributed by atoms with Crippen LogP contribution in [0.4, 0.5) is 8.78 Å². The van der Waals surface area contributed by atoms with E-state index in [9.17, 15) is 28.5 Å². The Morgan fingerprint density at radius 1 is 1.23 bits per heavy atom. The number of carbonyl (C=O) groups is 2. The molecular weight excluding hydrogens is 304 g/mol. The molecule has 0 amide bonds. The molecule has 0 fully saturated rings. The van der Waals surface area contributed by atoms with Crippen LogP contribution >= 0.6 is 0 Å². The Balaban J connectivity index is 3.49. The summed E-state index contributed by atoms with van der Waals surface area (Å²) in [7, 11) is 0. The summed E-state index contributed by atoms with van der Waals surface area (Å²) in [5, 5.41) is 28.5. The molecule has 0 aromatic heterocycles. The van der Waals surface area contributed by atoms with E-state index >= 15 is 0 Å². The topological polar surface area (TPSA) is 118 Å². The Bertz CT molecular complexity index is 582. The second kappa shape index (κ2) is 6.92. The van der Waals surface area contributed by atoms with Crippen molar-refractivity contribution in [2.24, 2.45) is 5.92 Å². The first-order valence-electron chi connectivity index (χ1n) is 6.24. The quantitative estimate of drug-likeness (QED) is 0.449. The van der Waals surface area contributed by atoms with Crippen molar-refractivity contribution in [1.29, 1.82) is 0 Å². The van der Waals surface area contributed by atoms with Gasteiger partial charge in [-0.3, -0.25) is 19.7 Å². The van der Waals surface area contributed by atoms with E-state index in [0.717, 1.165) is 12.1 Å². The fraction of sp³-hybridized carbons (Fsp3) is 0.385. The molecule has 0 aliphatic rings. The summed E-state index contributed by atoms with van der Waals surface area (Å²) in [5.41, 5.74) is -0.635. The van der Waals surface area contributed by atoms with Crippen LogP contribution < -0.4 is 0 Å². The number of halogens is 2. The number of hydrogen-bond donors (Lipinski definition) is 2. The first-order chi connectivity index (χ1) is 10.2. The van der Waals surface area contributed by atoms with Crippen LogP contribution in [0.25, 0.3) is 0 Å². The van der Waals surface area contributed by atoms with E-state index in [1.54, 1.807) is 6.92 Å². The molecule has 0 aliphatic heterocycles. The number of rotatable bonds is 7. The first-order valence-corrected chi connectivity index (χ1v) is 6.24. The fourth-order valence-corrected chi connectivity index (χ4v) is 2.17. The molecule has 0 heterocycles. The van der Waals surface area contributed by atoms with Crippen LogP contribution in [0.5, 0.6) is 0 Å². The standard InChI is InChI=1S/C13H13F2NO6/c1-2-6-3-8(14)10(9(15)4-6)7(5-16(21)22)11(12(17)18)13(19)20/h3-4,7,11H,2,5H2,1H3,(H,17,18)(H,19,20)/t7-/m0/s1. The Labute approximate surface area is 123 Å². The van der Waals surface area contributed by atoms with Gasteiger partial charge in [0.15, 0.2) is 5.92 Å². The minimum Gasteiger partial charge on any atom is -0.481 e. The maximum absolute atomic E-state index is 14.0. The van der Waals surface area contributed by atoms with Gasteiger partial charge < -0.3 is 10.2 Å². The lowest BCUT2D eigenvalue weighted by molar-refractivity contribution is -0.484. The number of hydrogen-bond acceptors (Lipinski definition) is 4. The van der Waals surface area contributed by atoms with Gasteiger partial charge in [0.2, 0.25) is 6.54 Å². The normalized spacial score (nSPS) is 12.2. The average Bonchev–Trinajstić information content (AvgIpc) is 2.35. The number of carboxylic acid groups (broad SMARTS) is 2. The highest BCUT2D eigenvalue weighted by Crippen LogP contribution is 2.31. The minimum atomic E-state index is -2.33. The van der Waals surface area contributed by atoms with E-state index in [0.29, 0.717) is 0 Å². The van der Waals surface area contributed by atoms with Crippen molar-refractivity contribution in [3.63, 3.8) is 0 Å². The van der Waals surface area contributed by atoms with Crippen LogP contribution in [-0.2, 0) is 16.0 Å². The van der Waals surface area contributed by atoms with Gasteiger partial charge in [-0.1, -0.05) is 6.92 Å². The van der Waals surface area contributed by atoms with Gasteiger partial charge in [0.05, 0.1) is 5.92 Å². The minimum absolute atomic E-state index is 0.265. The summed E-state index contributed by atoms with van der Waals surface area (Å²) in [5.74, 6) is -10.5. The van der Waals surface area contributed by atoms with Gasteiger partial charge in [0.1, 0.15) is 11.6 Å².